The summed E-state index contributed by atoms with van der Waals surface area (Å²) in [5.41, 5.74) is 4.40. The molecule has 5 N–H and O–H groups in total. The van der Waals surface area contributed by atoms with Gasteiger partial charge in [0.05, 0.1) is 16.4 Å². The van der Waals surface area contributed by atoms with Crippen molar-refractivity contribution in [3.8, 4) is 5.82 Å². The molecular formula is C18H15ClF3N7O2. The highest BCUT2D eigenvalue weighted by Crippen LogP contribution is 2.32. The first-order valence-electron chi connectivity index (χ1n) is 8.58. The van der Waals surface area contributed by atoms with Crippen molar-refractivity contribution in [1.29, 1.82) is 0 Å². The van der Waals surface area contributed by atoms with Gasteiger partial charge in [-0.3, -0.25) is 9.59 Å². The first-order valence-corrected chi connectivity index (χ1v) is 8.95. The Bertz CT molecular complexity index is 1130. The lowest BCUT2D eigenvalue weighted by Crippen LogP contribution is -2.31. The maximum atomic E-state index is 13.3. The van der Waals surface area contributed by atoms with Gasteiger partial charge in [-0.2, -0.15) is 18.3 Å². The van der Waals surface area contributed by atoms with E-state index in [9.17, 15) is 22.8 Å². The van der Waals surface area contributed by atoms with Crippen LogP contribution in [0.4, 0.5) is 24.5 Å². The van der Waals surface area contributed by atoms with Gasteiger partial charge in [0.15, 0.2) is 11.5 Å². The van der Waals surface area contributed by atoms with Crippen LogP contribution in [0.3, 0.4) is 0 Å². The zero-order valence-corrected chi connectivity index (χ0v) is 16.4. The summed E-state index contributed by atoms with van der Waals surface area (Å²) in [5, 5.41) is 6.59. The van der Waals surface area contributed by atoms with Crippen molar-refractivity contribution in [2.75, 3.05) is 10.3 Å². The minimum Gasteiger partial charge on any atom is -0.326 e. The van der Waals surface area contributed by atoms with Gasteiger partial charge in [0, 0.05) is 18.8 Å². The highest BCUT2D eigenvalue weighted by molar-refractivity contribution is 6.32. The summed E-state index contributed by atoms with van der Waals surface area (Å²) in [5.74, 6) is 4.46. The Balaban J connectivity index is 2.12. The molecule has 13 heteroatoms. The quantitative estimate of drug-likeness (QED) is 0.227. The van der Waals surface area contributed by atoms with E-state index in [2.05, 4.69) is 15.4 Å². The summed E-state index contributed by atoms with van der Waals surface area (Å²) in [6.45, 7) is -0.0463. The summed E-state index contributed by atoms with van der Waals surface area (Å²) in [6.07, 6.45) is -3.24. The van der Waals surface area contributed by atoms with Gasteiger partial charge in [0.1, 0.15) is 5.69 Å². The van der Waals surface area contributed by atoms with Gasteiger partial charge in [-0.05, 0) is 23.8 Å². The van der Waals surface area contributed by atoms with Crippen LogP contribution in [0.1, 0.15) is 21.7 Å². The van der Waals surface area contributed by atoms with E-state index < -0.39 is 23.5 Å². The molecule has 162 valence electrons. The van der Waals surface area contributed by atoms with Crippen LogP contribution in [0.5, 0.6) is 0 Å². The number of anilines is 2. The van der Waals surface area contributed by atoms with Crippen LogP contribution in [0.15, 0.2) is 42.6 Å². The number of pyridine rings is 1. The SMILES string of the molecule is NCc1cccc(N(N)C=O)c1NC(=O)c1cc(C(F)(F)F)nn1-c1ncccc1Cl. The molecule has 0 spiro atoms. The second kappa shape index (κ2) is 8.71. The lowest BCUT2D eigenvalue weighted by molar-refractivity contribution is -0.141. The minimum atomic E-state index is -4.83. The van der Waals surface area contributed by atoms with Gasteiger partial charge < -0.3 is 11.1 Å². The number of alkyl halides is 3. The number of hydrogen-bond donors (Lipinski definition) is 3. The average Bonchev–Trinajstić information content (AvgIpc) is 3.19. The van der Waals surface area contributed by atoms with E-state index in [1.165, 1.54) is 24.4 Å². The van der Waals surface area contributed by atoms with Crippen LogP contribution in [-0.4, -0.2) is 27.1 Å². The maximum Gasteiger partial charge on any atom is 0.435 e. The van der Waals surface area contributed by atoms with Crippen LogP contribution in [0, 0.1) is 0 Å². The summed E-state index contributed by atoms with van der Waals surface area (Å²) in [4.78, 5) is 28.0. The third-order valence-corrected chi connectivity index (χ3v) is 4.45. The van der Waals surface area contributed by atoms with Crippen molar-refractivity contribution < 1.29 is 22.8 Å². The summed E-state index contributed by atoms with van der Waals surface area (Å²) in [7, 11) is 0. The standard InChI is InChI=1S/C18H15ClF3N7O2/c19-11-4-2-6-25-16(11)29-13(7-14(27-29)18(20,21)22)17(31)26-15-10(8-23)3-1-5-12(15)28(24)9-30/h1-7,9H,8,23-24H2,(H,26,31). The van der Waals surface area contributed by atoms with Gasteiger partial charge in [-0.25, -0.2) is 20.5 Å². The second-order valence-electron chi connectivity index (χ2n) is 6.12. The van der Waals surface area contributed by atoms with E-state index in [1.807, 2.05) is 0 Å². The number of hydrazine groups is 1. The zero-order valence-electron chi connectivity index (χ0n) is 15.6. The molecule has 1 aromatic carbocycles. The molecule has 3 aromatic rings. The number of amides is 2. The third-order valence-electron chi connectivity index (χ3n) is 4.15. The molecule has 0 unspecified atom stereocenters. The molecule has 0 saturated carbocycles. The van der Waals surface area contributed by atoms with E-state index >= 15 is 0 Å². The highest BCUT2D eigenvalue weighted by Gasteiger charge is 2.36. The summed E-state index contributed by atoms with van der Waals surface area (Å²) < 4.78 is 40.5. The number of carbonyl (C=O) groups excluding carboxylic acids is 2. The fraction of sp³-hybridized carbons (Fsp3) is 0.111. The highest BCUT2D eigenvalue weighted by atomic mass is 35.5. The van der Waals surface area contributed by atoms with Gasteiger partial charge >= 0.3 is 6.18 Å². The largest absolute Gasteiger partial charge is 0.435 e. The maximum absolute atomic E-state index is 13.3. The van der Waals surface area contributed by atoms with E-state index in [-0.39, 0.29) is 28.8 Å². The Labute approximate surface area is 178 Å². The molecule has 0 aliphatic heterocycles. The van der Waals surface area contributed by atoms with Crippen molar-refractivity contribution in [2.24, 2.45) is 11.6 Å². The average molecular weight is 454 g/mol. The van der Waals surface area contributed by atoms with Gasteiger partial charge in [0.2, 0.25) is 6.41 Å². The first kappa shape index (κ1) is 22.2. The fourth-order valence-corrected chi connectivity index (χ4v) is 2.93. The van der Waals surface area contributed by atoms with E-state index in [0.29, 0.717) is 27.7 Å². The Kier molecular flexibility index (Phi) is 6.24. The molecule has 0 saturated heterocycles. The molecular weight excluding hydrogens is 439 g/mol. The second-order valence-corrected chi connectivity index (χ2v) is 6.52. The lowest BCUT2D eigenvalue weighted by Gasteiger charge is -2.19. The number of carbonyl (C=O) groups is 2. The summed E-state index contributed by atoms with van der Waals surface area (Å²) >= 11 is 6.04. The Morgan fingerprint density at radius 3 is 2.65 bits per heavy atom. The van der Waals surface area contributed by atoms with Crippen molar-refractivity contribution in [2.45, 2.75) is 12.7 Å². The van der Waals surface area contributed by atoms with Crippen LogP contribution >= 0.6 is 11.6 Å². The van der Waals surface area contributed by atoms with Crippen molar-refractivity contribution in [3.63, 3.8) is 0 Å². The smallest absolute Gasteiger partial charge is 0.326 e. The Morgan fingerprint density at radius 1 is 1.29 bits per heavy atom. The fourth-order valence-electron chi connectivity index (χ4n) is 2.73. The number of aromatic nitrogens is 3. The number of nitrogens with two attached hydrogens (primary N) is 2. The number of nitrogens with one attached hydrogen (secondary N) is 1. The number of nitrogens with zero attached hydrogens (tertiary/aromatic N) is 4. The third kappa shape index (κ3) is 4.50. The molecule has 0 aliphatic carbocycles. The van der Waals surface area contributed by atoms with Gasteiger partial charge in [-0.15, -0.1) is 0 Å². The lowest BCUT2D eigenvalue weighted by atomic mass is 10.1. The molecule has 0 fully saturated rings. The molecule has 2 amide bonds. The molecule has 0 atom stereocenters. The first-order chi connectivity index (χ1) is 14.7. The zero-order chi connectivity index (χ0) is 22.8. The monoisotopic (exact) mass is 453 g/mol. The van der Waals surface area contributed by atoms with Crippen LogP contribution in [0.25, 0.3) is 5.82 Å². The molecule has 0 bridgehead atoms. The number of rotatable bonds is 6. The van der Waals surface area contributed by atoms with Crippen LogP contribution < -0.4 is 21.9 Å². The number of para-hydroxylation sites is 1. The van der Waals surface area contributed by atoms with Crippen molar-refractivity contribution >= 4 is 35.3 Å². The number of halogens is 4. The molecule has 31 heavy (non-hydrogen) atoms. The molecule has 0 aliphatic rings. The molecule has 2 heterocycles. The van der Waals surface area contributed by atoms with E-state index in [1.54, 1.807) is 12.1 Å². The van der Waals surface area contributed by atoms with Crippen molar-refractivity contribution in [3.05, 3.63) is 64.6 Å². The topological polar surface area (TPSA) is 132 Å². The molecule has 0 radical (unpaired) electrons. The van der Waals surface area contributed by atoms with Crippen LogP contribution in [0.2, 0.25) is 5.02 Å². The summed E-state index contributed by atoms with van der Waals surface area (Å²) in [6, 6.07) is 7.96. The Hall–Kier alpha value is -3.48. The number of hydrogen-bond acceptors (Lipinski definition) is 6. The predicted molar refractivity (Wildman–Crippen MR) is 106 cm³/mol. The molecule has 3 rings (SSSR count). The van der Waals surface area contributed by atoms with Crippen LogP contribution in [-0.2, 0) is 17.5 Å². The van der Waals surface area contributed by atoms with E-state index in [0.717, 1.165) is 0 Å². The molecule has 9 nitrogen and oxygen atoms in total. The Morgan fingerprint density at radius 2 is 2.03 bits per heavy atom. The normalized spacial score (nSPS) is 11.3. The van der Waals surface area contributed by atoms with Gasteiger partial charge in [-0.1, -0.05) is 23.7 Å². The minimum absolute atomic E-state index is 0.0227. The van der Waals surface area contributed by atoms with E-state index in [4.69, 9.17) is 23.2 Å². The molecule has 2 aromatic heterocycles. The predicted octanol–water partition coefficient (Wildman–Crippen LogP) is 2.49. The van der Waals surface area contributed by atoms with Crippen molar-refractivity contribution in [1.82, 2.24) is 14.8 Å². The van der Waals surface area contributed by atoms with Gasteiger partial charge in [0.25, 0.3) is 5.91 Å². The number of benzene rings is 1.